The van der Waals surface area contributed by atoms with Crippen LogP contribution in [0.3, 0.4) is 0 Å². The number of hydrogen-bond acceptors (Lipinski definition) is 10. The van der Waals surface area contributed by atoms with E-state index in [1.807, 2.05) is 0 Å². The normalized spacial score (nSPS) is 29.3. The number of rotatable bonds is 5. The first-order valence-corrected chi connectivity index (χ1v) is 7.62. The van der Waals surface area contributed by atoms with Gasteiger partial charge in [-0.1, -0.05) is 0 Å². The van der Waals surface area contributed by atoms with Crippen molar-refractivity contribution in [3.8, 4) is 0 Å². The van der Waals surface area contributed by atoms with E-state index < -0.39 is 53.7 Å². The van der Waals surface area contributed by atoms with E-state index in [1.54, 1.807) is 0 Å². The molecule has 0 N–H and O–H groups in total. The van der Waals surface area contributed by atoms with Gasteiger partial charge >= 0.3 is 23.9 Å². The summed E-state index contributed by atoms with van der Waals surface area (Å²) in [7, 11) is 0. The predicted molar refractivity (Wildman–Crippen MR) is 80.9 cm³/mol. The Balaban J connectivity index is 3.11. The van der Waals surface area contributed by atoms with E-state index in [-0.39, 0.29) is 6.61 Å². The summed E-state index contributed by atoms with van der Waals surface area (Å²) >= 11 is 4.18. The minimum atomic E-state index is -1.16. The van der Waals surface area contributed by atoms with E-state index in [0.29, 0.717) is 0 Å². The summed E-state index contributed by atoms with van der Waals surface area (Å²) in [5.41, 5.74) is -0.981. The maximum Gasteiger partial charge on any atom is 0.303 e. The van der Waals surface area contributed by atoms with E-state index in [1.165, 1.54) is 6.92 Å². The van der Waals surface area contributed by atoms with Crippen LogP contribution in [-0.2, 0) is 42.9 Å². The third-order valence-corrected chi connectivity index (χ3v) is 3.38. The number of carbonyl (C=O) groups is 4. The molecule has 0 aromatic carbocycles. The minimum absolute atomic E-state index is 0.255. The fourth-order valence-corrected chi connectivity index (χ4v) is 2.59. The number of carbonyl (C=O) groups excluding carboxylic acids is 4. The molecule has 0 aromatic rings. The molecule has 1 saturated heterocycles. The highest BCUT2D eigenvalue weighted by Crippen LogP contribution is 2.30. The lowest BCUT2D eigenvalue weighted by molar-refractivity contribution is -0.237. The molecule has 0 spiro atoms. The molecule has 0 bridgehead atoms. The van der Waals surface area contributed by atoms with Crippen molar-refractivity contribution in [1.82, 2.24) is 0 Å². The molecule has 0 unspecified atom stereocenters. The van der Waals surface area contributed by atoms with Gasteiger partial charge < -0.3 is 23.7 Å². The van der Waals surface area contributed by atoms with Gasteiger partial charge in [-0.15, -0.1) is 12.6 Å². The standard InChI is InChI=1S/C14H20O9S/c1-6(15)19-5-10-11(20-7(2)16)12(21-8(3)17)13(14(24)23-10)22-9(4)18/h10-14,24H,5H2,1-4H3/t10-,11-,12+,13+,14+/m0/s1. The maximum absolute atomic E-state index is 11.4. The first kappa shape index (κ1) is 20.2. The number of thiol groups is 1. The van der Waals surface area contributed by atoms with Gasteiger partial charge in [-0.3, -0.25) is 19.2 Å². The summed E-state index contributed by atoms with van der Waals surface area (Å²) in [5.74, 6) is -2.57. The van der Waals surface area contributed by atoms with Crippen LogP contribution in [0, 0.1) is 0 Å². The summed E-state index contributed by atoms with van der Waals surface area (Å²) in [6, 6.07) is 0. The van der Waals surface area contributed by atoms with Crippen molar-refractivity contribution in [2.24, 2.45) is 0 Å². The van der Waals surface area contributed by atoms with Gasteiger partial charge in [0.25, 0.3) is 0 Å². The summed E-state index contributed by atoms with van der Waals surface area (Å²) in [6.07, 6.45) is -4.35. The second kappa shape index (κ2) is 8.88. The molecular weight excluding hydrogens is 344 g/mol. The Morgan fingerprint density at radius 1 is 0.792 bits per heavy atom. The van der Waals surface area contributed by atoms with Crippen LogP contribution in [0.1, 0.15) is 27.7 Å². The van der Waals surface area contributed by atoms with Crippen molar-refractivity contribution in [3.63, 3.8) is 0 Å². The molecule has 0 aromatic heterocycles. The molecule has 0 radical (unpaired) electrons. The highest BCUT2D eigenvalue weighted by atomic mass is 32.1. The lowest BCUT2D eigenvalue weighted by Crippen LogP contribution is -2.61. The SMILES string of the molecule is CC(=O)OC[C@@H]1O[C@H](S)[C@H](OC(C)=O)[C@H](OC(C)=O)[C@H]1OC(C)=O. The van der Waals surface area contributed by atoms with Gasteiger partial charge in [0.15, 0.2) is 18.3 Å². The molecule has 10 heteroatoms. The van der Waals surface area contributed by atoms with Crippen molar-refractivity contribution in [2.75, 3.05) is 6.61 Å². The number of esters is 4. The fraction of sp³-hybridized carbons (Fsp3) is 0.714. The molecule has 1 heterocycles. The predicted octanol–water partition coefficient (Wildman–Crippen LogP) is -0.000700. The van der Waals surface area contributed by atoms with E-state index in [0.717, 1.165) is 20.8 Å². The fourth-order valence-electron chi connectivity index (χ4n) is 2.21. The molecule has 0 aliphatic carbocycles. The first-order valence-electron chi connectivity index (χ1n) is 7.10. The Labute approximate surface area is 144 Å². The Bertz CT molecular complexity index is 506. The third kappa shape index (κ3) is 6.00. The second-order valence-electron chi connectivity index (χ2n) is 5.09. The van der Waals surface area contributed by atoms with Crippen molar-refractivity contribution in [1.29, 1.82) is 0 Å². The zero-order chi connectivity index (χ0) is 18.4. The Morgan fingerprint density at radius 2 is 1.25 bits per heavy atom. The van der Waals surface area contributed by atoms with Crippen LogP contribution in [-0.4, -0.2) is 60.3 Å². The molecule has 9 nitrogen and oxygen atoms in total. The summed E-state index contributed by atoms with van der Waals surface area (Å²) in [5, 5.41) is 0. The molecule has 136 valence electrons. The second-order valence-corrected chi connectivity index (χ2v) is 5.60. The Hall–Kier alpha value is -1.81. The Kier molecular flexibility index (Phi) is 7.49. The van der Waals surface area contributed by atoms with Gasteiger partial charge in [0.1, 0.15) is 18.1 Å². The molecule has 0 saturated carbocycles. The highest BCUT2D eigenvalue weighted by Gasteiger charge is 2.51. The van der Waals surface area contributed by atoms with Gasteiger partial charge in [-0.25, -0.2) is 0 Å². The summed E-state index contributed by atoms with van der Waals surface area (Å²) < 4.78 is 25.8. The van der Waals surface area contributed by atoms with E-state index in [9.17, 15) is 19.2 Å². The molecule has 1 aliphatic rings. The van der Waals surface area contributed by atoms with Crippen molar-refractivity contribution >= 4 is 36.5 Å². The highest BCUT2D eigenvalue weighted by molar-refractivity contribution is 7.80. The third-order valence-electron chi connectivity index (χ3n) is 2.97. The smallest absolute Gasteiger partial charge is 0.303 e. The van der Waals surface area contributed by atoms with E-state index in [4.69, 9.17) is 23.7 Å². The maximum atomic E-state index is 11.4. The van der Waals surface area contributed by atoms with Crippen molar-refractivity contribution in [2.45, 2.75) is 57.5 Å². The molecular formula is C14H20O9S. The first-order chi connectivity index (χ1) is 11.1. The molecule has 1 aliphatic heterocycles. The minimum Gasteiger partial charge on any atom is -0.463 e. The summed E-state index contributed by atoms with van der Waals surface area (Å²) in [6.45, 7) is 4.42. The molecule has 24 heavy (non-hydrogen) atoms. The zero-order valence-corrected chi connectivity index (χ0v) is 14.6. The topological polar surface area (TPSA) is 114 Å². The number of hydrogen-bond donors (Lipinski definition) is 1. The summed E-state index contributed by atoms with van der Waals surface area (Å²) in [4.78, 5) is 45.1. The van der Waals surface area contributed by atoms with Crippen LogP contribution in [0.5, 0.6) is 0 Å². The van der Waals surface area contributed by atoms with Gasteiger partial charge in [0.2, 0.25) is 0 Å². The number of ether oxygens (including phenoxy) is 5. The van der Waals surface area contributed by atoms with Crippen LogP contribution < -0.4 is 0 Å². The molecule has 0 amide bonds. The monoisotopic (exact) mass is 364 g/mol. The van der Waals surface area contributed by atoms with Crippen molar-refractivity contribution in [3.05, 3.63) is 0 Å². The largest absolute Gasteiger partial charge is 0.463 e. The van der Waals surface area contributed by atoms with Crippen LogP contribution in [0.25, 0.3) is 0 Å². The van der Waals surface area contributed by atoms with Crippen LogP contribution in [0.2, 0.25) is 0 Å². The molecule has 5 atom stereocenters. The molecule has 1 fully saturated rings. The quantitative estimate of drug-likeness (QED) is 0.409. The van der Waals surface area contributed by atoms with Crippen molar-refractivity contribution < 1.29 is 42.9 Å². The average molecular weight is 364 g/mol. The van der Waals surface area contributed by atoms with Gasteiger partial charge in [-0.2, -0.15) is 0 Å². The van der Waals surface area contributed by atoms with Crippen LogP contribution >= 0.6 is 12.6 Å². The average Bonchev–Trinajstić information content (AvgIpc) is 2.42. The lowest BCUT2D eigenvalue weighted by Gasteiger charge is -2.42. The molecule has 1 rings (SSSR count). The Morgan fingerprint density at radius 3 is 1.71 bits per heavy atom. The van der Waals surface area contributed by atoms with E-state index >= 15 is 0 Å². The lowest BCUT2D eigenvalue weighted by atomic mass is 9.99. The van der Waals surface area contributed by atoms with Crippen LogP contribution in [0.15, 0.2) is 0 Å². The zero-order valence-electron chi connectivity index (χ0n) is 13.7. The van der Waals surface area contributed by atoms with Crippen LogP contribution in [0.4, 0.5) is 0 Å². The van der Waals surface area contributed by atoms with E-state index in [2.05, 4.69) is 12.6 Å². The van der Waals surface area contributed by atoms with Gasteiger partial charge in [0, 0.05) is 27.7 Å². The van der Waals surface area contributed by atoms with Gasteiger partial charge in [0.05, 0.1) is 0 Å². The van der Waals surface area contributed by atoms with Gasteiger partial charge in [-0.05, 0) is 0 Å².